The molecule has 2 aromatic rings. The first-order chi connectivity index (χ1) is 12.3. The molecule has 3 rings (SSSR count). The molecule has 1 aliphatic heterocycles. The van der Waals surface area contributed by atoms with E-state index in [9.17, 15) is 17.6 Å². The molecule has 0 aromatic heterocycles. The number of rotatable bonds is 4. The molecule has 0 aliphatic carbocycles. The van der Waals surface area contributed by atoms with Crippen molar-refractivity contribution in [1.82, 2.24) is 0 Å². The van der Waals surface area contributed by atoms with Crippen LogP contribution in [0.5, 0.6) is 0 Å². The third kappa shape index (κ3) is 3.58. The zero-order valence-electron chi connectivity index (χ0n) is 14.7. The number of amides is 1. The summed E-state index contributed by atoms with van der Waals surface area (Å²) in [6, 6.07) is 11.8. The first-order valence-electron chi connectivity index (χ1n) is 8.43. The van der Waals surface area contributed by atoms with E-state index in [0.29, 0.717) is 6.54 Å². The number of para-hydroxylation sites is 1. The summed E-state index contributed by atoms with van der Waals surface area (Å²) in [4.78, 5) is 14.8. The molecule has 0 radical (unpaired) electrons. The third-order valence-corrected chi connectivity index (χ3v) is 5.77. The molecule has 0 saturated heterocycles. The maximum absolute atomic E-state index is 13.2. The van der Waals surface area contributed by atoms with Crippen LogP contribution < -0.4 is 9.21 Å². The Kier molecular flexibility index (Phi) is 5.00. The lowest BCUT2D eigenvalue weighted by Gasteiger charge is -2.35. The van der Waals surface area contributed by atoms with Gasteiger partial charge in [-0.25, -0.2) is 12.8 Å². The van der Waals surface area contributed by atoms with Crippen molar-refractivity contribution in [3.8, 4) is 0 Å². The molecule has 0 N–H and O–H groups in total. The Morgan fingerprint density at radius 2 is 1.81 bits per heavy atom. The quantitative estimate of drug-likeness (QED) is 0.824. The standard InChI is InChI=1S/C19H21FN2O3S/c1-14(22(26(2,24)25)17-11-9-16(20)10-12-17)19(23)21-13-5-7-15-6-3-4-8-18(15)21/h3-4,6,8-12,14H,5,7,13H2,1-2H3. The number of hydrogen-bond acceptors (Lipinski definition) is 3. The van der Waals surface area contributed by atoms with Gasteiger partial charge in [-0.15, -0.1) is 0 Å². The monoisotopic (exact) mass is 376 g/mol. The zero-order valence-corrected chi connectivity index (χ0v) is 15.5. The van der Waals surface area contributed by atoms with E-state index in [0.717, 1.165) is 34.7 Å². The van der Waals surface area contributed by atoms with Crippen molar-refractivity contribution in [3.63, 3.8) is 0 Å². The largest absolute Gasteiger partial charge is 0.310 e. The van der Waals surface area contributed by atoms with Crippen molar-refractivity contribution in [2.75, 3.05) is 22.0 Å². The fraction of sp³-hybridized carbons (Fsp3) is 0.316. The highest BCUT2D eigenvalue weighted by atomic mass is 32.2. The molecular formula is C19H21FN2O3S. The van der Waals surface area contributed by atoms with E-state index in [-0.39, 0.29) is 11.6 Å². The Labute approximate surface area is 153 Å². The SMILES string of the molecule is CC(C(=O)N1CCCc2ccccc21)N(c1ccc(F)cc1)S(C)(=O)=O. The number of hydrogen-bond donors (Lipinski definition) is 0. The van der Waals surface area contributed by atoms with Gasteiger partial charge >= 0.3 is 0 Å². The van der Waals surface area contributed by atoms with Gasteiger partial charge in [0.25, 0.3) is 5.91 Å². The Bertz CT molecular complexity index is 913. The second kappa shape index (κ2) is 7.07. The zero-order chi connectivity index (χ0) is 18.9. The highest BCUT2D eigenvalue weighted by molar-refractivity contribution is 7.92. The van der Waals surface area contributed by atoms with E-state index in [4.69, 9.17) is 0 Å². The van der Waals surface area contributed by atoms with Gasteiger partial charge in [0.2, 0.25) is 10.0 Å². The van der Waals surface area contributed by atoms with Crippen LogP contribution in [0.25, 0.3) is 0 Å². The predicted molar refractivity (Wildman–Crippen MR) is 100 cm³/mol. The molecule has 5 nitrogen and oxygen atoms in total. The summed E-state index contributed by atoms with van der Waals surface area (Å²) in [6.45, 7) is 2.10. The van der Waals surface area contributed by atoms with Crippen molar-refractivity contribution in [3.05, 3.63) is 59.9 Å². The Morgan fingerprint density at radius 3 is 2.46 bits per heavy atom. The van der Waals surface area contributed by atoms with Crippen molar-refractivity contribution in [1.29, 1.82) is 0 Å². The van der Waals surface area contributed by atoms with Crippen molar-refractivity contribution in [2.45, 2.75) is 25.8 Å². The predicted octanol–water partition coefficient (Wildman–Crippen LogP) is 2.96. The fourth-order valence-electron chi connectivity index (χ4n) is 3.38. The average molecular weight is 376 g/mol. The first kappa shape index (κ1) is 18.4. The summed E-state index contributed by atoms with van der Waals surface area (Å²) in [6.07, 6.45) is 2.76. The van der Waals surface area contributed by atoms with Crippen LogP contribution in [0, 0.1) is 5.82 Å². The molecule has 7 heteroatoms. The van der Waals surface area contributed by atoms with Gasteiger partial charge in [0.1, 0.15) is 11.9 Å². The molecule has 2 aromatic carbocycles. The number of aryl methyl sites for hydroxylation is 1. The summed E-state index contributed by atoms with van der Waals surface area (Å²) in [5.74, 6) is -0.766. The van der Waals surface area contributed by atoms with Gasteiger partial charge in [0.05, 0.1) is 11.9 Å². The summed E-state index contributed by atoms with van der Waals surface area (Å²) in [7, 11) is -3.73. The van der Waals surface area contributed by atoms with Crippen LogP contribution >= 0.6 is 0 Å². The maximum Gasteiger partial charge on any atom is 0.250 e. The van der Waals surface area contributed by atoms with Gasteiger partial charge < -0.3 is 4.90 Å². The Balaban J connectivity index is 1.96. The number of carbonyl (C=O) groups excluding carboxylic acids is 1. The number of carbonyl (C=O) groups is 1. The molecule has 138 valence electrons. The summed E-state index contributed by atoms with van der Waals surface area (Å²) >= 11 is 0. The van der Waals surface area contributed by atoms with E-state index >= 15 is 0 Å². The Hall–Kier alpha value is -2.41. The van der Waals surface area contributed by atoms with Gasteiger partial charge in [0.15, 0.2) is 0 Å². The first-order valence-corrected chi connectivity index (χ1v) is 10.3. The lowest BCUT2D eigenvalue weighted by atomic mass is 10.0. The van der Waals surface area contributed by atoms with Crippen molar-refractivity contribution < 1.29 is 17.6 Å². The molecule has 1 amide bonds. The van der Waals surface area contributed by atoms with Crippen LogP contribution in [0.3, 0.4) is 0 Å². The van der Waals surface area contributed by atoms with Gasteiger partial charge in [-0.3, -0.25) is 9.10 Å². The molecular weight excluding hydrogens is 355 g/mol. The van der Waals surface area contributed by atoms with Crippen LogP contribution in [0.2, 0.25) is 0 Å². The second-order valence-corrected chi connectivity index (χ2v) is 8.29. The number of sulfonamides is 1. The minimum Gasteiger partial charge on any atom is -0.310 e. The highest BCUT2D eigenvalue weighted by Crippen LogP contribution is 2.29. The number of anilines is 2. The number of benzene rings is 2. The van der Waals surface area contributed by atoms with E-state index < -0.39 is 21.9 Å². The normalized spacial score (nSPS) is 15.3. The van der Waals surface area contributed by atoms with Crippen LogP contribution in [0.1, 0.15) is 18.9 Å². The number of nitrogens with zero attached hydrogens (tertiary/aromatic N) is 2. The van der Waals surface area contributed by atoms with Crippen molar-refractivity contribution in [2.24, 2.45) is 0 Å². The minimum absolute atomic E-state index is 0.264. The molecule has 0 bridgehead atoms. The maximum atomic E-state index is 13.2. The number of fused-ring (bicyclic) bond motifs is 1. The minimum atomic E-state index is -3.73. The van der Waals surface area contributed by atoms with Crippen molar-refractivity contribution >= 4 is 27.3 Å². The van der Waals surface area contributed by atoms with E-state index in [1.807, 2.05) is 24.3 Å². The lowest BCUT2D eigenvalue weighted by molar-refractivity contribution is -0.119. The van der Waals surface area contributed by atoms with Gasteiger partial charge in [-0.05, 0) is 55.7 Å². The molecule has 1 atom stereocenters. The summed E-state index contributed by atoms with van der Waals surface area (Å²) in [5.41, 5.74) is 2.16. The van der Waals surface area contributed by atoms with E-state index in [1.165, 1.54) is 24.3 Å². The van der Waals surface area contributed by atoms with E-state index in [1.54, 1.807) is 11.8 Å². The summed E-state index contributed by atoms with van der Waals surface area (Å²) < 4.78 is 39.0. The molecule has 1 unspecified atom stereocenters. The molecule has 26 heavy (non-hydrogen) atoms. The number of halogens is 1. The van der Waals surface area contributed by atoms with Crippen LogP contribution in [-0.4, -0.2) is 33.2 Å². The van der Waals surface area contributed by atoms with Gasteiger partial charge in [-0.1, -0.05) is 18.2 Å². The van der Waals surface area contributed by atoms with Gasteiger partial charge in [-0.2, -0.15) is 0 Å². The fourth-order valence-corrected chi connectivity index (χ4v) is 4.55. The molecule has 0 fully saturated rings. The van der Waals surface area contributed by atoms with Gasteiger partial charge in [0, 0.05) is 12.2 Å². The molecule has 0 spiro atoms. The van der Waals surface area contributed by atoms with E-state index in [2.05, 4.69) is 0 Å². The average Bonchev–Trinajstić information content (AvgIpc) is 2.61. The van der Waals surface area contributed by atoms with Crippen LogP contribution in [0.15, 0.2) is 48.5 Å². The molecule has 0 saturated carbocycles. The summed E-state index contributed by atoms with van der Waals surface area (Å²) in [5, 5.41) is 0. The molecule has 1 aliphatic rings. The topological polar surface area (TPSA) is 57.7 Å². The molecule has 1 heterocycles. The van der Waals surface area contributed by atoms with Crippen LogP contribution in [0.4, 0.5) is 15.8 Å². The highest BCUT2D eigenvalue weighted by Gasteiger charge is 2.34. The Morgan fingerprint density at radius 1 is 1.15 bits per heavy atom. The lowest BCUT2D eigenvalue weighted by Crippen LogP contribution is -2.50. The smallest absolute Gasteiger partial charge is 0.250 e. The third-order valence-electron chi connectivity index (χ3n) is 4.52. The second-order valence-electron chi connectivity index (χ2n) is 6.43. The van der Waals surface area contributed by atoms with Crippen LogP contribution in [-0.2, 0) is 21.2 Å².